The molecule has 1 aliphatic heterocycles. The normalized spacial score (nSPS) is 17.1. The largest absolute Gasteiger partial charge is 0.476 e. The van der Waals surface area contributed by atoms with Crippen molar-refractivity contribution in [1.82, 2.24) is 9.97 Å². The van der Waals surface area contributed by atoms with Crippen molar-refractivity contribution in [2.45, 2.75) is 6.10 Å². The molecule has 2 radical (unpaired) electrons. The van der Waals surface area contributed by atoms with Crippen LogP contribution >= 0.6 is 0 Å². The van der Waals surface area contributed by atoms with Crippen molar-refractivity contribution in [1.29, 1.82) is 0 Å². The molecule has 3 aromatic rings. The number of rotatable bonds is 1. The number of hydrogen-bond acceptors (Lipinski definition) is 4. The highest BCUT2D eigenvalue weighted by Gasteiger charge is 2.25. The molecule has 1 aromatic heterocycles. The molecule has 4 heteroatoms. The van der Waals surface area contributed by atoms with Crippen LogP contribution in [0.1, 0.15) is 11.8 Å². The molecular formula is C16H10N2O2. The van der Waals surface area contributed by atoms with Crippen molar-refractivity contribution in [2.24, 2.45) is 0 Å². The van der Waals surface area contributed by atoms with Crippen LogP contribution in [-0.2, 0) is 0 Å². The summed E-state index contributed by atoms with van der Waals surface area (Å²) in [6.45, 7) is 2.83. The summed E-state index contributed by atoms with van der Waals surface area (Å²) >= 11 is 0. The van der Waals surface area contributed by atoms with Crippen LogP contribution < -0.4 is 9.47 Å². The molecule has 0 N–H and O–H groups in total. The second-order valence-electron chi connectivity index (χ2n) is 4.45. The van der Waals surface area contributed by atoms with Gasteiger partial charge in [0, 0.05) is 0 Å². The van der Waals surface area contributed by atoms with Crippen molar-refractivity contribution < 1.29 is 9.47 Å². The van der Waals surface area contributed by atoms with E-state index in [2.05, 4.69) is 16.6 Å². The Morgan fingerprint density at radius 1 is 0.900 bits per heavy atom. The minimum Gasteiger partial charge on any atom is -0.476 e. The first-order valence-electron chi connectivity index (χ1n) is 6.30. The second-order valence-corrected chi connectivity index (χ2v) is 4.45. The summed E-state index contributed by atoms with van der Waals surface area (Å²) in [5, 5.41) is 0. The summed E-state index contributed by atoms with van der Waals surface area (Å²) in [6.07, 6.45) is 1.22. The molecule has 2 heterocycles. The standard InChI is InChI=1S/C16H10N2O2/c1-2-6-12-11(5-1)17-9-13(18-12)16-10-19-14-7-3-4-8-15(14)20-16/h1-9,16H. The van der Waals surface area contributed by atoms with Gasteiger partial charge in [-0.2, -0.15) is 0 Å². The van der Waals surface area contributed by atoms with E-state index in [9.17, 15) is 0 Å². The average Bonchev–Trinajstić information content (AvgIpc) is 2.54. The highest BCUT2D eigenvalue weighted by atomic mass is 16.6. The Kier molecular flexibility index (Phi) is 2.52. The number of ether oxygens (including phenoxy) is 2. The first-order valence-corrected chi connectivity index (χ1v) is 6.30. The zero-order chi connectivity index (χ0) is 13.4. The lowest BCUT2D eigenvalue weighted by Crippen LogP contribution is -2.18. The number of fused-ring (bicyclic) bond motifs is 2. The monoisotopic (exact) mass is 262 g/mol. The van der Waals surface area contributed by atoms with Gasteiger partial charge in [-0.1, -0.05) is 24.3 Å². The Bertz CT molecular complexity index is 773. The Morgan fingerprint density at radius 3 is 2.55 bits per heavy atom. The van der Waals surface area contributed by atoms with Gasteiger partial charge in [0.15, 0.2) is 17.6 Å². The van der Waals surface area contributed by atoms with E-state index in [1.54, 1.807) is 6.20 Å². The van der Waals surface area contributed by atoms with Gasteiger partial charge in [-0.25, -0.2) is 4.98 Å². The highest BCUT2D eigenvalue weighted by molar-refractivity contribution is 5.73. The first kappa shape index (κ1) is 11.2. The van der Waals surface area contributed by atoms with Crippen molar-refractivity contribution in [3.05, 3.63) is 67.0 Å². The molecule has 0 aliphatic carbocycles. The minimum atomic E-state index is -0.470. The van der Waals surface area contributed by atoms with E-state index in [1.165, 1.54) is 0 Å². The van der Waals surface area contributed by atoms with Gasteiger partial charge in [0.1, 0.15) is 5.69 Å². The Hall–Kier alpha value is -2.62. The van der Waals surface area contributed by atoms with Crippen LogP contribution in [0.5, 0.6) is 11.5 Å². The maximum absolute atomic E-state index is 5.83. The van der Waals surface area contributed by atoms with Crippen LogP contribution in [0.25, 0.3) is 11.0 Å². The zero-order valence-electron chi connectivity index (χ0n) is 10.5. The first-order chi connectivity index (χ1) is 9.90. The molecule has 4 nitrogen and oxygen atoms in total. The summed E-state index contributed by atoms with van der Waals surface area (Å²) in [7, 11) is 0. The molecule has 0 saturated heterocycles. The fraction of sp³-hybridized carbons (Fsp3) is 0.0625. The number of aromatic nitrogens is 2. The molecule has 0 bridgehead atoms. The van der Waals surface area contributed by atoms with Crippen LogP contribution in [0.3, 0.4) is 0 Å². The number of para-hydroxylation sites is 4. The van der Waals surface area contributed by atoms with Gasteiger partial charge in [0.2, 0.25) is 6.61 Å². The van der Waals surface area contributed by atoms with Crippen LogP contribution in [-0.4, -0.2) is 9.97 Å². The summed E-state index contributed by atoms with van der Waals surface area (Å²) < 4.78 is 11.3. The van der Waals surface area contributed by atoms with Crippen LogP contribution in [0.4, 0.5) is 0 Å². The quantitative estimate of drug-likeness (QED) is 0.675. The molecule has 0 amide bonds. The predicted octanol–water partition coefficient (Wildman–Crippen LogP) is 3.18. The van der Waals surface area contributed by atoms with E-state index in [0.29, 0.717) is 17.2 Å². The van der Waals surface area contributed by atoms with Gasteiger partial charge in [-0.15, -0.1) is 0 Å². The minimum absolute atomic E-state index is 0.470. The summed E-state index contributed by atoms with van der Waals surface area (Å²) in [5.74, 6) is 1.35. The molecular weight excluding hydrogens is 252 g/mol. The molecule has 0 saturated carbocycles. The molecule has 1 aliphatic rings. The number of benzene rings is 2. The van der Waals surface area contributed by atoms with Gasteiger partial charge in [-0.3, -0.25) is 4.98 Å². The third kappa shape index (κ3) is 1.86. The fourth-order valence-corrected chi connectivity index (χ4v) is 2.12. The maximum atomic E-state index is 5.83. The maximum Gasteiger partial charge on any atom is 0.247 e. The van der Waals surface area contributed by atoms with Crippen molar-refractivity contribution in [3.8, 4) is 11.5 Å². The lowest BCUT2D eigenvalue weighted by Gasteiger charge is -2.24. The molecule has 2 aromatic carbocycles. The van der Waals surface area contributed by atoms with E-state index < -0.39 is 6.10 Å². The van der Waals surface area contributed by atoms with E-state index in [0.717, 1.165) is 11.0 Å². The molecule has 1 atom stereocenters. The Balaban J connectivity index is 1.70. The molecule has 4 rings (SSSR count). The van der Waals surface area contributed by atoms with Crippen LogP contribution in [0.15, 0.2) is 54.7 Å². The second kappa shape index (κ2) is 4.49. The lowest BCUT2D eigenvalue weighted by atomic mass is 10.2. The molecule has 1 unspecified atom stereocenters. The Labute approximate surface area is 116 Å². The zero-order valence-corrected chi connectivity index (χ0v) is 10.5. The summed E-state index contributed by atoms with van der Waals surface area (Å²) in [4.78, 5) is 8.92. The van der Waals surface area contributed by atoms with Gasteiger partial charge >= 0.3 is 0 Å². The van der Waals surface area contributed by atoms with E-state index in [4.69, 9.17) is 9.47 Å². The van der Waals surface area contributed by atoms with Crippen LogP contribution in [0.2, 0.25) is 0 Å². The number of hydrogen-bond donors (Lipinski definition) is 0. The van der Waals surface area contributed by atoms with Gasteiger partial charge in [-0.05, 0) is 24.3 Å². The van der Waals surface area contributed by atoms with Crippen molar-refractivity contribution >= 4 is 11.0 Å². The van der Waals surface area contributed by atoms with E-state index >= 15 is 0 Å². The highest BCUT2D eigenvalue weighted by Crippen LogP contribution is 2.37. The van der Waals surface area contributed by atoms with Gasteiger partial charge in [0.05, 0.1) is 17.2 Å². The smallest absolute Gasteiger partial charge is 0.247 e. The van der Waals surface area contributed by atoms with Gasteiger partial charge in [0.25, 0.3) is 0 Å². The molecule has 20 heavy (non-hydrogen) atoms. The average molecular weight is 262 g/mol. The summed E-state index contributed by atoms with van der Waals surface area (Å²) in [6, 6.07) is 15.2. The predicted molar refractivity (Wildman–Crippen MR) is 73.2 cm³/mol. The van der Waals surface area contributed by atoms with Crippen molar-refractivity contribution in [2.75, 3.05) is 0 Å². The third-order valence-electron chi connectivity index (χ3n) is 3.11. The number of nitrogens with zero attached hydrogens (tertiary/aromatic N) is 2. The van der Waals surface area contributed by atoms with E-state index in [1.807, 2.05) is 48.5 Å². The van der Waals surface area contributed by atoms with Crippen LogP contribution in [0, 0.1) is 6.61 Å². The SMILES string of the molecule is [C]1Oc2ccccc2OC1c1cnc2ccccc2n1. The molecule has 96 valence electrons. The topological polar surface area (TPSA) is 44.2 Å². The molecule has 0 spiro atoms. The lowest BCUT2D eigenvalue weighted by molar-refractivity contribution is 0.137. The van der Waals surface area contributed by atoms with E-state index in [-0.39, 0.29) is 0 Å². The van der Waals surface area contributed by atoms with Crippen molar-refractivity contribution in [3.63, 3.8) is 0 Å². The van der Waals surface area contributed by atoms with Gasteiger partial charge < -0.3 is 9.47 Å². The third-order valence-corrected chi connectivity index (χ3v) is 3.11. The fourth-order valence-electron chi connectivity index (χ4n) is 2.12. The molecule has 0 fully saturated rings. The Morgan fingerprint density at radius 2 is 1.65 bits per heavy atom. The summed E-state index contributed by atoms with van der Waals surface area (Å²) in [5.41, 5.74) is 2.36.